The van der Waals surface area contributed by atoms with Gasteiger partial charge in [-0.15, -0.1) is 0 Å². The molecule has 1 aliphatic heterocycles. The van der Waals surface area contributed by atoms with E-state index < -0.39 is 0 Å². The second-order valence-corrected chi connectivity index (χ2v) is 8.66. The van der Waals surface area contributed by atoms with Gasteiger partial charge < -0.3 is 15.5 Å². The number of hydrogen-bond acceptors (Lipinski definition) is 1. The van der Waals surface area contributed by atoms with Crippen LogP contribution in [-0.2, 0) is 6.54 Å². The van der Waals surface area contributed by atoms with Gasteiger partial charge in [-0.2, -0.15) is 0 Å². The Hall–Kier alpha value is -0.840. The summed E-state index contributed by atoms with van der Waals surface area (Å²) in [6, 6.07) is 9.34. The zero-order chi connectivity index (χ0) is 17.6. The largest absolute Gasteiger partial charge is 0.360 e. The van der Waals surface area contributed by atoms with Crippen LogP contribution in [0, 0.1) is 5.92 Å². The number of halogens is 1. The molecule has 138 valence electrons. The van der Waals surface area contributed by atoms with Crippen LogP contribution < -0.4 is 15.5 Å². The van der Waals surface area contributed by atoms with Gasteiger partial charge in [-0.1, -0.05) is 43.5 Å². The van der Waals surface area contributed by atoms with Gasteiger partial charge in [-0.05, 0) is 43.1 Å². The quantitative estimate of drug-likeness (QED) is 0.701. The van der Waals surface area contributed by atoms with E-state index in [2.05, 4.69) is 29.7 Å². The fourth-order valence-electron chi connectivity index (χ4n) is 4.16. The molecular weight excluding hydrogens is 350 g/mol. The van der Waals surface area contributed by atoms with E-state index in [4.69, 9.17) is 23.8 Å². The Morgan fingerprint density at radius 2 is 1.76 bits per heavy atom. The maximum Gasteiger partial charge on any atom is 0.166 e. The highest BCUT2D eigenvalue weighted by Gasteiger charge is 2.25. The molecule has 1 aliphatic carbocycles. The molecule has 2 fully saturated rings. The molecule has 0 bridgehead atoms. The van der Waals surface area contributed by atoms with Crippen molar-refractivity contribution in [2.75, 3.05) is 13.1 Å². The Balaban J connectivity index is 1.38. The first kappa shape index (κ1) is 18.9. The van der Waals surface area contributed by atoms with Gasteiger partial charge in [0.25, 0.3) is 0 Å². The van der Waals surface area contributed by atoms with Crippen LogP contribution >= 0.6 is 23.8 Å². The summed E-state index contributed by atoms with van der Waals surface area (Å²) in [5, 5.41) is 8.82. The topological polar surface area (TPSA) is 28.5 Å². The number of likely N-dealkylation sites (tertiary alicyclic amines) is 1. The molecule has 1 saturated carbocycles. The summed E-state index contributed by atoms with van der Waals surface area (Å²) in [7, 11) is 0. The molecule has 25 heavy (non-hydrogen) atoms. The third kappa shape index (κ3) is 5.83. The first-order valence-electron chi connectivity index (χ1n) is 9.75. The van der Waals surface area contributed by atoms with E-state index in [9.17, 15) is 0 Å². The van der Waals surface area contributed by atoms with E-state index >= 15 is 0 Å². The van der Waals surface area contributed by atoms with Gasteiger partial charge in [0.15, 0.2) is 5.11 Å². The molecule has 2 aliphatic rings. The van der Waals surface area contributed by atoms with Crippen LogP contribution in [0.25, 0.3) is 0 Å². The summed E-state index contributed by atoms with van der Waals surface area (Å²) in [4.78, 5) is 1.65. The highest BCUT2D eigenvalue weighted by molar-refractivity contribution is 7.80. The molecule has 3 rings (SSSR count). The summed E-state index contributed by atoms with van der Waals surface area (Å²) >= 11 is 11.5. The minimum absolute atomic E-state index is 0.521. The van der Waals surface area contributed by atoms with Gasteiger partial charge in [0.05, 0.1) is 13.1 Å². The Bertz CT molecular complexity index is 555. The summed E-state index contributed by atoms with van der Waals surface area (Å²) < 4.78 is 0. The van der Waals surface area contributed by atoms with Crippen LogP contribution in [0.5, 0.6) is 0 Å². The van der Waals surface area contributed by atoms with Crippen molar-refractivity contribution >= 4 is 28.9 Å². The SMILES string of the molecule is C[C@@H]1CCCC[C@H]1NC(=S)NC1CC[NH+](Cc2ccc(Cl)cc2)CC1. The van der Waals surface area contributed by atoms with E-state index in [0.29, 0.717) is 12.1 Å². The van der Waals surface area contributed by atoms with Gasteiger partial charge >= 0.3 is 0 Å². The second-order valence-electron chi connectivity index (χ2n) is 7.81. The van der Waals surface area contributed by atoms with Crippen LogP contribution in [0.2, 0.25) is 5.02 Å². The van der Waals surface area contributed by atoms with Crippen molar-refractivity contribution in [2.45, 2.75) is 64.1 Å². The number of rotatable bonds is 4. The minimum atomic E-state index is 0.521. The van der Waals surface area contributed by atoms with E-state index in [1.54, 1.807) is 4.90 Å². The molecule has 1 saturated heterocycles. The lowest BCUT2D eigenvalue weighted by atomic mass is 9.86. The molecule has 1 aromatic carbocycles. The van der Waals surface area contributed by atoms with E-state index in [1.807, 2.05) is 12.1 Å². The Morgan fingerprint density at radius 1 is 1.08 bits per heavy atom. The highest BCUT2D eigenvalue weighted by atomic mass is 35.5. The molecule has 0 amide bonds. The number of hydrogen-bond donors (Lipinski definition) is 3. The molecule has 0 radical (unpaired) electrons. The average Bonchev–Trinajstić information content (AvgIpc) is 2.61. The lowest BCUT2D eigenvalue weighted by Crippen LogP contribution is -3.12. The summed E-state index contributed by atoms with van der Waals surface area (Å²) in [5.74, 6) is 0.735. The van der Waals surface area contributed by atoms with Crippen LogP contribution in [0.15, 0.2) is 24.3 Å². The van der Waals surface area contributed by atoms with Gasteiger partial charge in [-0.25, -0.2) is 0 Å². The first-order valence-corrected chi connectivity index (χ1v) is 10.5. The zero-order valence-corrected chi connectivity index (χ0v) is 16.8. The second kappa shape index (κ2) is 9.20. The molecule has 3 nitrogen and oxygen atoms in total. The van der Waals surface area contributed by atoms with Crippen LogP contribution in [-0.4, -0.2) is 30.3 Å². The molecule has 0 unspecified atom stereocenters. The average molecular weight is 381 g/mol. The van der Waals surface area contributed by atoms with Crippen molar-refractivity contribution in [2.24, 2.45) is 5.92 Å². The van der Waals surface area contributed by atoms with Gasteiger partial charge in [-0.3, -0.25) is 0 Å². The smallest absolute Gasteiger partial charge is 0.166 e. The fraction of sp³-hybridized carbons (Fsp3) is 0.650. The predicted molar refractivity (Wildman–Crippen MR) is 109 cm³/mol. The van der Waals surface area contributed by atoms with Crippen LogP contribution in [0.4, 0.5) is 0 Å². The van der Waals surface area contributed by atoms with Crippen molar-refractivity contribution in [3.63, 3.8) is 0 Å². The molecule has 0 spiro atoms. The normalized spacial score (nSPS) is 29.8. The Morgan fingerprint density at radius 3 is 2.44 bits per heavy atom. The highest BCUT2D eigenvalue weighted by Crippen LogP contribution is 2.23. The first-order chi connectivity index (χ1) is 12.1. The molecule has 1 heterocycles. The summed E-state index contributed by atoms with van der Waals surface area (Å²) in [5.41, 5.74) is 1.37. The lowest BCUT2D eigenvalue weighted by Gasteiger charge is -2.33. The van der Waals surface area contributed by atoms with Crippen molar-refractivity contribution < 1.29 is 4.90 Å². The van der Waals surface area contributed by atoms with Gasteiger partial charge in [0, 0.05) is 35.5 Å². The maximum atomic E-state index is 5.97. The monoisotopic (exact) mass is 380 g/mol. The standard InChI is InChI=1S/C20H30ClN3S/c1-15-4-2-3-5-19(15)23-20(25)22-18-10-12-24(13-11-18)14-16-6-8-17(21)9-7-16/h6-9,15,18-19H,2-5,10-14H2,1H3,(H2,22,23,25)/p+1/t15-,19-/m1/s1. The van der Waals surface area contributed by atoms with Crippen LogP contribution in [0.3, 0.4) is 0 Å². The van der Waals surface area contributed by atoms with Gasteiger partial charge in [0.2, 0.25) is 0 Å². The molecule has 5 heteroatoms. The number of quaternary nitrogens is 1. The van der Waals surface area contributed by atoms with Crippen molar-refractivity contribution in [3.05, 3.63) is 34.9 Å². The number of thiocarbonyl (C=S) groups is 1. The number of benzene rings is 1. The summed E-state index contributed by atoms with van der Waals surface area (Å²) in [6.45, 7) is 5.83. The zero-order valence-electron chi connectivity index (χ0n) is 15.2. The predicted octanol–water partition coefficient (Wildman–Crippen LogP) is 2.93. The number of piperidine rings is 1. The van der Waals surface area contributed by atoms with E-state index in [1.165, 1.54) is 57.2 Å². The van der Waals surface area contributed by atoms with E-state index in [-0.39, 0.29) is 0 Å². The third-order valence-electron chi connectivity index (χ3n) is 5.82. The number of nitrogens with one attached hydrogen (secondary N) is 3. The minimum Gasteiger partial charge on any atom is -0.360 e. The molecule has 1 aromatic rings. The summed E-state index contributed by atoms with van der Waals surface area (Å²) in [6.07, 6.45) is 7.65. The van der Waals surface area contributed by atoms with E-state index in [0.717, 1.165) is 22.6 Å². The van der Waals surface area contributed by atoms with Gasteiger partial charge in [0.1, 0.15) is 6.54 Å². The molecular formula is C20H31ClN3S+. The molecule has 3 N–H and O–H groups in total. The lowest BCUT2D eigenvalue weighted by molar-refractivity contribution is -0.918. The van der Waals surface area contributed by atoms with Crippen molar-refractivity contribution in [1.82, 2.24) is 10.6 Å². The Labute approximate surface area is 162 Å². The Kier molecular flexibility index (Phi) is 6.97. The molecule has 0 aromatic heterocycles. The van der Waals surface area contributed by atoms with Crippen LogP contribution in [0.1, 0.15) is 51.0 Å². The van der Waals surface area contributed by atoms with Crippen molar-refractivity contribution in [3.8, 4) is 0 Å². The fourth-order valence-corrected chi connectivity index (χ4v) is 4.61. The van der Waals surface area contributed by atoms with Crippen molar-refractivity contribution in [1.29, 1.82) is 0 Å². The maximum absolute atomic E-state index is 5.97. The molecule has 2 atom stereocenters. The third-order valence-corrected chi connectivity index (χ3v) is 6.31.